The third kappa shape index (κ3) is 2.57. The van der Waals surface area contributed by atoms with Crippen molar-refractivity contribution in [3.8, 4) is 11.3 Å². The Balaban J connectivity index is 2.10. The number of thiazole rings is 1. The second-order valence-electron chi connectivity index (χ2n) is 6.75. The molecule has 0 spiro atoms. The highest BCUT2D eigenvalue weighted by molar-refractivity contribution is 7.15. The number of aryl methyl sites for hydroxylation is 1. The third-order valence-corrected chi connectivity index (χ3v) is 4.91. The third-order valence-electron chi connectivity index (χ3n) is 4.09. The molecule has 0 fully saturated rings. The summed E-state index contributed by atoms with van der Waals surface area (Å²) in [7, 11) is 0. The number of nitrogens with zero attached hydrogens (tertiary/aromatic N) is 2. The number of fused-ring (bicyclic) bond motifs is 1. The van der Waals surface area contributed by atoms with Crippen molar-refractivity contribution in [2.45, 2.75) is 39.5 Å². The van der Waals surface area contributed by atoms with E-state index in [2.05, 4.69) is 66.7 Å². The lowest BCUT2D eigenvalue weighted by Crippen LogP contribution is -2.10. The molecule has 1 aromatic carbocycles. The molecule has 0 aliphatic carbocycles. The van der Waals surface area contributed by atoms with E-state index < -0.39 is 0 Å². The van der Waals surface area contributed by atoms with Gasteiger partial charge in [0.25, 0.3) is 0 Å². The summed E-state index contributed by atoms with van der Waals surface area (Å²) >= 11 is 1.69. The van der Waals surface area contributed by atoms with Gasteiger partial charge in [0.15, 0.2) is 4.96 Å². The van der Waals surface area contributed by atoms with Crippen molar-refractivity contribution in [2.24, 2.45) is 5.73 Å². The number of aromatic nitrogens is 2. The molecule has 0 saturated carbocycles. The van der Waals surface area contributed by atoms with E-state index in [1.165, 1.54) is 22.5 Å². The van der Waals surface area contributed by atoms with Gasteiger partial charge in [-0.2, -0.15) is 0 Å². The van der Waals surface area contributed by atoms with Crippen molar-refractivity contribution in [1.82, 2.24) is 9.38 Å². The molecule has 3 rings (SSSR count). The monoisotopic (exact) mass is 313 g/mol. The highest BCUT2D eigenvalue weighted by Crippen LogP contribution is 2.31. The fourth-order valence-electron chi connectivity index (χ4n) is 2.79. The van der Waals surface area contributed by atoms with Crippen molar-refractivity contribution in [3.05, 3.63) is 46.6 Å². The number of rotatable bonds is 3. The summed E-state index contributed by atoms with van der Waals surface area (Å²) in [5.41, 5.74) is 12.1. The summed E-state index contributed by atoms with van der Waals surface area (Å²) in [5, 5.41) is 2.19. The Labute approximate surface area is 135 Å². The van der Waals surface area contributed by atoms with E-state index in [-0.39, 0.29) is 5.41 Å². The van der Waals surface area contributed by atoms with Crippen LogP contribution in [0.15, 0.2) is 29.6 Å². The van der Waals surface area contributed by atoms with Crippen molar-refractivity contribution in [1.29, 1.82) is 0 Å². The van der Waals surface area contributed by atoms with Crippen molar-refractivity contribution < 1.29 is 0 Å². The van der Waals surface area contributed by atoms with Gasteiger partial charge in [-0.3, -0.25) is 4.40 Å². The number of hydrogen-bond donors (Lipinski definition) is 1. The Kier molecular flexibility index (Phi) is 3.83. The minimum atomic E-state index is 0.179. The second-order valence-corrected chi connectivity index (χ2v) is 7.59. The van der Waals surface area contributed by atoms with Gasteiger partial charge in [-0.05, 0) is 30.0 Å². The molecule has 4 heteroatoms. The maximum absolute atomic E-state index is 5.77. The summed E-state index contributed by atoms with van der Waals surface area (Å²) in [4.78, 5) is 5.71. The first kappa shape index (κ1) is 15.3. The molecular weight excluding hydrogens is 290 g/mol. The van der Waals surface area contributed by atoms with Crippen LogP contribution in [0.3, 0.4) is 0 Å². The molecule has 0 atom stereocenters. The molecule has 0 unspecified atom stereocenters. The quantitative estimate of drug-likeness (QED) is 0.788. The van der Waals surface area contributed by atoms with Crippen molar-refractivity contribution in [3.63, 3.8) is 0 Å². The maximum Gasteiger partial charge on any atom is 0.194 e. The van der Waals surface area contributed by atoms with Gasteiger partial charge in [-0.1, -0.05) is 45.0 Å². The molecule has 116 valence electrons. The Morgan fingerprint density at radius 1 is 1.18 bits per heavy atom. The summed E-state index contributed by atoms with van der Waals surface area (Å²) in [6, 6.07) is 8.88. The molecule has 0 saturated heterocycles. The van der Waals surface area contributed by atoms with Crippen LogP contribution in [-0.4, -0.2) is 15.9 Å². The average molecular weight is 313 g/mol. The van der Waals surface area contributed by atoms with Crippen molar-refractivity contribution in [2.75, 3.05) is 6.54 Å². The Morgan fingerprint density at radius 2 is 1.86 bits per heavy atom. The smallest absolute Gasteiger partial charge is 0.194 e. The van der Waals surface area contributed by atoms with E-state index in [4.69, 9.17) is 5.73 Å². The normalized spacial score (nSPS) is 12.2. The van der Waals surface area contributed by atoms with Gasteiger partial charge in [-0.25, -0.2) is 4.98 Å². The van der Waals surface area contributed by atoms with Crippen LogP contribution in [0, 0.1) is 6.92 Å². The predicted molar refractivity (Wildman–Crippen MR) is 94.7 cm³/mol. The highest BCUT2D eigenvalue weighted by atomic mass is 32.1. The van der Waals surface area contributed by atoms with Crippen LogP contribution in [0.1, 0.15) is 37.7 Å². The van der Waals surface area contributed by atoms with Crippen LogP contribution in [-0.2, 0) is 11.8 Å². The van der Waals surface area contributed by atoms with Crippen LogP contribution >= 0.6 is 11.3 Å². The molecular formula is C18H23N3S. The van der Waals surface area contributed by atoms with E-state index in [0.29, 0.717) is 6.54 Å². The van der Waals surface area contributed by atoms with Crippen LogP contribution in [0.4, 0.5) is 0 Å². The maximum atomic E-state index is 5.77. The van der Waals surface area contributed by atoms with Crippen LogP contribution in [0.5, 0.6) is 0 Å². The Morgan fingerprint density at radius 3 is 2.45 bits per heavy atom. The molecule has 2 aromatic heterocycles. The van der Waals surface area contributed by atoms with E-state index in [1.54, 1.807) is 11.3 Å². The fraction of sp³-hybridized carbons (Fsp3) is 0.389. The molecule has 0 amide bonds. The number of benzene rings is 1. The Bertz CT molecular complexity index is 788. The summed E-state index contributed by atoms with van der Waals surface area (Å²) in [6.07, 6.45) is 0.858. The van der Waals surface area contributed by atoms with E-state index in [9.17, 15) is 0 Å². The van der Waals surface area contributed by atoms with E-state index >= 15 is 0 Å². The highest BCUT2D eigenvalue weighted by Gasteiger charge is 2.16. The molecule has 0 aliphatic heterocycles. The molecule has 0 bridgehead atoms. The SMILES string of the molecule is Cc1nc2scc(-c3ccc(C(C)(C)C)cc3)n2c1CCN. The van der Waals surface area contributed by atoms with Crippen LogP contribution in [0.25, 0.3) is 16.2 Å². The summed E-state index contributed by atoms with van der Waals surface area (Å²) < 4.78 is 2.26. The molecule has 2 N–H and O–H groups in total. The summed E-state index contributed by atoms with van der Waals surface area (Å²) in [5.74, 6) is 0. The minimum Gasteiger partial charge on any atom is -0.330 e. The lowest BCUT2D eigenvalue weighted by molar-refractivity contribution is 0.590. The fourth-order valence-corrected chi connectivity index (χ4v) is 3.75. The van der Waals surface area contributed by atoms with Gasteiger partial charge in [0.1, 0.15) is 0 Å². The Hall–Kier alpha value is -1.65. The second kappa shape index (κ2) is 5.52. The molecule has 0 aliphatic rings. The van der Waals surface area contributed by atoms with E-state index in [0.717, 1.165) is 17.1 Å². The largest absolute Gasteiger partial charge is 0.330 e. The van der Waals surface area contributed by atoms with Gasteiger partial charge < -0.3 is 5.73 Å². The van der Waals surface area contributed by atoms with E-state index in [1.807, 2.05) is 0 Å². The van der Waals surface area contributed by atoms with Gasteiger partial charge in [0.2, 0.25) is 0 Å². The number of imidazole rings is 1. The molecule has 2 heterocycles. The lowest BCUT2D eigenvalue weighted by Gasteiger charge is -2.19. The average Bonchev–Trinajstić information content (AvgIpc) is 2.99. The molecule has 22 heavy (non-hydrogen) atoms. The van der Waals surface area contributed by atoms with Gasteiger partial charge >= 0.3 is 0 Å². The zero-order valence-electron chi connectivity index (χ0n) is 13.7. The predicted octanol–water partition coefficient (Wildman–Crippen LogP) is 4.17. The standard InChI is InChI=1S/C18H23N3S/c1-12-15(9-10-19)21-16(11-22-17(21)20-12)13-5-7-14(8-6-13)18(2,3)4/h5-8,11H,9-10,19H2,1-4H3. The minimum absolute atomic E-state index is 0.179. The van der Waals surface area contributed by atoms with Gasteiger partial charge in [0.05, 0.1) is 11.4 Å². The van der Waals surface area contributed by atoms with Crippen LogP contribution < -0.4 is 5.73 Å². The first-order valence-corrected chi connectivity index (χ1v) is 8.56. The first-order chi connectivity index (χ1) is 10.4. The van der Waals surface area contributed by atoms with Crippen LogP contribution in [0.2, 0.25) is 0 Å². The number of nitrogens with two attached hydrogens (primary N) is 1. The molecule has 0 radical (unpaired) electrons. The topological polar surface area (TPSA) is 43.3 Å². The van der Waals surface area contributed by atoms with Gasteiger partial charge in [0, 0.05) is 17.5 Å². The first-order valence-electron chi connectivity index (χ1n) is 7.68. The van der Waals surface area contributed by atoms with Crippen molar-refractivity contribution >= 4 is 16.3 Å². The zero-order chi connectivity index (χ0) is 15.9. The molecule has 3 nitrogen and oxygen atoms in total. The zero-order valence-corrected chi connectivity index (χ0v) is 14.5. The lowest BCUT2D eigenvalue weighted by atomic mass is 9.86. The molecule has 3 aromatic rings. The number of hydrogen-bond acceptors (Lipinski definition) is 3. The summed E-state index contributed by atoms with van der Waals surface area (Å²) in [6.45, 7) is 9.43. The van der Waals surface area contributed by atoms with Gasteiger partial charge in [-0.15, -0.1) is 11.3 Å².